The first kappa shape index (κ1) is 15.9. The number of hydrogen-bond donors (Lipinski definition) is 1. The van der Waals surface area contributed by atoms with Crippen molar-refractivity contribution in [3.8, 4) is 39.4 Å². The number of phenols is 1. The number of aromatic nitrogens is 1. The van der Waals surface area contributed by atoms with Gasteiger partial charge in [-0.1, -0.05) is 41.9 Å². The van der Waals surface area contributed by atoms with Crippen LogP contribution in [0.5, 0.6) is 5.75 Å². The van der Waals surface area contributed by atoms with E-state index in [2.05, 4.69) is 17.5 Å². The molecule has 0 saturated heterocycles. The second kappa shape index (κ2) is 6.71. The van der Waals surface area contributed by atoms with Gasteiger partial charge in [0.2, 0.25) is 0 Å². The van der Waals surface area contributed by atoms with Gasteiger partial charge in [0.25, 0.3) is 0 Å². The molecule has 2 aromatic heterocycles. The standard InChI is InChI=1S/C21H14ClNOS/c22-19-7-2-1-6-18(19)16-11-20(14-4-3-5-17(24)10-14)23-21(12-16)15-8-9-25-13-15/h1-13,24H. The van der Waals surface area contributed by atoms with Gasteiger partial charge in [0.1, 0.15) is 5.75 Å². The topological polar surface area (TPSA) is 33.1 Å². The van der Waals surface area contributed by atoms with Gasteiger partial charge in [-0.15, -0.1) is 0 Å². The molecule has 0 saturated carbocycles. The van der Waals surface area contributed by atoms with Crippen LogP contribution in [0.15, 0.2) is 77.5 Å². The van der Waals surface area contributed by atoms with Crippen LogP contribution in [-0.2, 0) is 0 Å². The van der Waals surface area contributed by atoms with E-state index in [4.69, 9.17) is 16.6 Å². The molecule has 0 aliphatic rings. The number of hydrogen-bond acceptors (Lipinski definition) is 3. The van der Waals surface area contributed by atoms with E-state index in [0.717, 1.165) is 33.6 Å². The van der Waals surface area contributed by atoms with E-state index < -0.39 is 0 Å². The molecule has 0 amide bonds. The third kappa shape index (κ3) is 3.29. The van der Waals surface area contributed by atoms with Gasteiger partial charge in [0.15, 0.2) is 0 Å². The van der Waals surface area contributed by atoms with Gasteiger partial charge in [-0.3, -0.25) is 0 Å². The van der Waals surface area contributed by atoms with Crippen molar-refractivity contribution in [3.05, 3.63) is 82.5 Å². The Morgan fingerprint density at radius 2 is 1.60 bits per heavy atom. The third-order valence-electron chi connectivity index (χ3n) is 3.97. The van der Waals surface area contributed by atoms with Crippen molar-refractivity contribution in [1.29, 1.82) is 0 Å². The molecule has 0 radical (unpaired) electrons. The molecule has 122 valence electrons. The van der Waals surface area contributed by atoms with Crippen LogP contribution in [0.25, 0.3) is 33.6 Å². The number of nitrogens with zero attached hydrogens (tertiary/aromatic N) is 1. The smallest absolute Gasteiger partial charge is 0.116 e. The van der Waals surface area contributed by atoms with Gasteiger partial charge >= 0.3 is 0 Å². The summed E-state index contributed by atoms with van der Waals surface area (Å²) in [5, 5.41) is 14.6. The fourth-order valence-electron chi connectivity index (χ4n) is 2.75. The van der Waals surface area contributed by atoms with Gasteiger partial charge in [0.05, 0.1) is 11.4 Å². The summed E-state index contributed by atoms with van der Waals surface area (Å²) in [4.78, 5) is 4.79. The maximum absolute atomic E-state index is 9.81. The number of pyridine rings is 1. The van der Waals surface area contributed by atoms with Crippen LogP contribution in [0.3, 0.4) is 0 Å². The Morgan fingerprint density at radius 3 is 2.32 bits per heavy atom. The van der Waals surface area contributed by atoms with Crippen LogP contribution in [0.1, 0.15) is 0 Å². The van der Waals surface area contributed by atoms with Crippen molar-refractivity contribution in [2.45, 2.75) is 0 Å². The molecule has 4 rings (SSSR count). The molecule has 0 atom stereocenters. The molecule has 4 heteroatoms. The summed E-state index contributed by atoms with van der Waals surface area (Å²) in [5.74, 6) is 0.222. The lowest BCUT2D eigenvalue weighted by Crippen LogP contribution is -1.90. The molecule has 0 aliphatic carbocycles. The maximum Gasteiger partial charge on any atom is 0.116 e. The summed E-state index contributed by atoms with van der Waals surface area (Å²) in [6.45, 7) is 0. The number of aromatic hydroxyl groups is 1. The van der Waals surface area contributed by atoms with E-state index >= 15 is 0 Å². The highest BCUT2D eigenvalue weighted by molar-refractivity contribution is 7.08. The molecule has 0 aliphatic heterocycles. The van der Waals surface area contributed by atoms with Gasteiger partial charge in [-0.2, -0.15) is 11.3 Å². The number of phenolic OH excluding ortho intramolecular Hbond substituents is 1. The molecular weight excluding hydrogens is 350 g/mol. The summed E-state index contributed by atoms with van der Waals surface area (Å²) in [7, 11) is 0. The largest absolute Gasteiger partial charge is 0.508 e. The minimum Gasteiger partial charge on any atom is -0.508 e. The van der Waals surface area contributed by atoms with Crippen LogP contribution in [0.2, 0.25) is 5.02 Å². The Bertz CT molecular complexity index is 1030. The van der Waals surface area contributed by atoms with Crippen LogP contribution < -0.4 is 0 Å². The zero-order chi connectivity index (χ0) is 17.2. The molecule has 2 nitrogen and oxygen atoms in total. The summed E-state index contributed by atoms with van der Waals surface area (Å²) in [6.07, 6.45) is 0. The fourth-order valence-corrected chi connectivity index (χ4v) is 3.65. The van der Waals surface area contributed by atoms with Crippen molar-refractivity contribution in [1.82, 2.24) is 4.98 Å². The van der Waals surface area contributed by atoms with E-state index in [0.29, 0.717) is 5.02 Å². The zero-order valence-corrected chi connectivity index (χ0v) is 14.8. The Balaban J connectivity index is 1.94. The second-order valence-corrected chi connectivity index (χ2v) is 6.86. The Hall–Kier alpha value is -2.62. The summed E-state index contributed by atoms with van der Waals surface area (Å²) in [5.41, 5.74) is 5.59. The van der Waals surface area contributed by atoms with Crippen molar-refractivity contribution in [2.75, 3.05) is 0 Å². The SMILES string of the molecule is Oc1cccc(-c2cc(-c3ccccc3Cl)cc(-c3ccsc3)n2)c1. The van der Waals surface area contributed by atoms with E-state index in [9.17, 15) is 5.11 Å². The van der Waals surface area contributed by atoms with E-state index in [1.54, 1.807) is 23.5 Å². The van der Waals surface area contributed by atoms with Crippen molar-refractivity contribution in [2.24, 2.45) is 0 Å². The molecule has 2 aromatic carbocycles. The molecule has 0 bridgehead atoms. The first-order valence-corrected chi connectivity index (χ1v) is 9.12. The second-order valence-electron chi connectivity index (χ2n) is 5.67. The average molecular weight is 364 g/mol. The Kier molecular flexibility index (Phi) is 4.26. The predicted octanol–water partition coefficient (Wildman–Crippen LogP) is 6.50. The molecule has 4 aromatic rings. The van der Waals surface area contributed by atoms with Gasteiger partial charge < -0.3 is 5.11 Å². The summed E-state index contributed by atoms with van der Waals surface area (Å²) >= 11 is 8.04. The summed E-state index contributed by atoms with van der Waals surface area (Å²) < 4.78 is 0. The third-order valence-corrected chi connectivity index (χ3v) is 4.98. The Labute approximate surface area is 155 Å². The van der Waals surface area contributed by atoms with Crippen LogP contribution in [-0.4, -0.2) is 10.1 Å². The lowest BCUT2D eigenvalue weighted by Gasteiger charge is -2.10. The number of halogens is 1. The first-order valence-electron chi connectivity index (χ1n) is 7.80. The number of benzene rings is 2. The molecule has 25 heavy (non-hydrogen) atoms. The molecule has 2 heterocycles. The van der Waals surface area contributed by atoms with Crippen LogP contribution >= 0.6 is 22.9 Å². The minimum atomic E-state index is 0.222. The van der Waals surface area contributed by atoms with Crippen molar-refractivity contribution in [3.63, 3.8) is 0 Å². The molecular formula is C21H14ClNOS. The minimum absolute atomic E-state index is 0.222. The highest BCUT2D eigenvalue weighted by Gasteiger charge is 2.11. The Morgan fingerprint density at radius 1 is 0.800 bits per heavy atom. The van der Waals surface area contributed by atoms with Crippen molar-refractivity contribution >= 4 is 22.9 Å². The highest BCUT2D eigenvalue weighted by Crippen LogP contribution is 2.34. The quantitative estimate of drug-likeness (QED) is 0.450. The average Bonchev–Trinajstić information content (AvgIpc) is 3.16. The summed E-state index contributed by atoms with van der Waals surface area (Å²) in [6, 6.07) is 21.0. The molecule has 0 spiro atoms. The van der Waals surface area contributed by atoms with E-state index in [1.807, 2.05) is 47.8 Å². The molecule has 1 N–H and O–H groups in total. The van der Waals surface area contributed by atoms with E-state index in [-0.39, 0.29) is 5.75 Å². The normalized spacial score (nSPS) is 10.8. The number of rotatable bonds is 3. The van der Waals surface area contributed by atoms with Gasteiger partial charge in [0, 0.05) is 27.1 Å². The monoisotopic (exact) mass is 363 g/mol. The highest BCUT2D eigenvalue weighted by atomic mass is 35.5. The van der Waals surface area contributed by atoms with Crippen LogP contribution in [0.4, 0.5) is 0 Å². The molecule has 0 unspecified atom stereocenters. The lowest BCUT2D eigenvalue weighted by atomic mass is 10.0. The van der Waals surface area contributed by atoms with E-state index in [1.165, 1.54) is 0 Å². The maximum atomic E-state index is 9.81. The zero-order valence-electron chi connectivity index (χ0n) is 13.2. The first-order chi connectivity index (χ1) is 12.2. The van der Waals surface area contributed by atoms with Crippen molar-refractivity contribution < 1.29 is 5.11 Å². The predicted molar refractivity (Wildman–Crippen MR) is 105 cm³/mol. The lowest BCUT2D eigenvalue weighted by molar-refractivity contribution is 0.475. The van der Waals surface area contributed by atoms with Gasteiger partial charge in [-0.05, 0) is 47.3 Å². The fraction of sp³-hybridized carbons (Fsp3) is 0. The molecule has 0 fully saturated rings. The number of thiophene rings is 1. The van der Waals surface area contributed by atoms with Crippen LogP contribution in [0, 0.1) is 0 Å². The van der Waals surface area contributed by atoms with Gasteiger partial charge in [-0.25, -0.2) is 4.98 Å².